The lowest BCUT2D eigenvalue weighted by molar-refractivity contribution is -0.124. The molecule has 2 aliphatic rings. The Kier molecular flexibility index (Phi) is 5.19. The van der Waals surface area contributed by atoms with Gasteiger partial charge in [-0.15, -0.1) is 0 Å². The van der Waals surface area contributed by atoms with Crippen molar-refractivity contribution in [1.82, 2.24) is 10.6 Å². The first-order valence-corrected chi connectivity index (χ1v) is 7.47. The Bertz CT molecular complexity index is 329. The monoisotopic (exact) mass is 267 g/mol. The molecule has 0 bridgehead atoms. The van der Waals surface area contributed by atoms with E-state index in [2.05, 4.69) is 10.6 Å². The molecule has 2 rings (SSSR count). The zero-order valence-corrected chi connectivity index (χ0v) is 11.5. The van der Waals surface area contributed by atoms with Crippen molar-refractivity contribution in [2.24, 2.45) is 17.6 Å². The lowest BCUT2D eigenvalue weighted by atomic mass is 9.83. The lowest BCUT2D eigenvalue weighted by Gasteiger charge is -2.27. The number of rotatable bonds is 6. The summed E-state index contributed by atoms with van der Waals surface area (Å²) in [7, 11) is 0. The molecule has 5 heteroatoms. The number of carbonyl (C=O) groups excluding carboxylic acids is 2. The average Bonchev–Trinajstić information content (AvgIpc) is 3.21. The molecular formula is C14H25N3O2. The van der Waals surface area contributed by atoms with Gasteiger partial charge < -0.3 is 16.4 Å². The summed E-state index contributed by atoms with van der Waals surface area (Å²) < 4.78 is 0. The molecule has 0 aromatic rings. The molecule has 0 aromatic heterocycles. The molecule has 2 atom stereocenters. The number of nitrogens with one attached hydrogen (secondary N) is 2. The maximum atomic E-state index is 11.8. The Morgan fingerprint density at radius 1 is 1.00 bits per heavy atom. The van der Waals surface area contributed by atoms with Gasteiger partial charge >= 0.3 is 0 Å². The summed E-state index contributed by atoms with van der Waals surface area (Å²) in [6, 6.07) is 0.175. The summed E-state index contributed by atoms with van der Waals surface area (Å²) in [4.78, 5) is 23.1. The molecule has 0 saturated heterocycles. The molecule has 0 spiro atoms. The van der Waals surface area contributed by atoms with Crippen LogP contribution in [0.1, 0.15) is 44.9 Å². The van der Waals surface area contributed by atoms with Gasteiger partial charge in [0.1, 0.15) is 0 Å². The van der Waals surface area contributed by atoms with E-state index in [1.807, 2.05) is 0 Å². The number of hydrogen-bond acceptors (Lipinski definition) is 3. The van der Waals surface area contributed by atoms with Crippen molar-refractivity contribution >= 4 is 11.8 Å². The molecule has 2 saturated carbocycles. The van der Waals surface area contributed by atoms with Crippen LogP contribution in [0.15, 0.2) is 0 Å². The Morgan fingerprint density at radius 2 is 1.68 bits per heavy atom. The van der Waals surface area contributed by atoms with Crippen molar-refractivity contribution < 1.29 is 9.59 Å². The van der Waals surface area contributed by atoms with E-state index >= 15 is 0 Å². The predicted octanol–water partition coefficient (Wildman–Crippen LogP) is 0.536. The quantitative estimate of drug-likeness (QED) is 0.614. The van der Waals surface area contributed by atoms with E-state index in [9.17, 15) is 9.59 Å². The van der Waals surface area contributed by atoms with E-state index in [1.54, 1.807) is 0 Å². The normalized spacial score (nSPS) is 26.8. The van der Waals surface area contributed by atoms with E-state index in [0.717, 1.165) is 25.7 Å². The van der Waals surface area contributed by atoms with Crippen LogP contribution in [0.5, 0.6) is 0 Å². The maximum Gasteiger partial charge on any atom is 0.223 e. The van der Waals surface area contributed by atoms with Crippen LogP contribution in [0, 0.1) is 11.8 Å². The molecule has 2 fully saturated rings. The van der Waals surface area contributed by atoms with Gasteiger partial charge in [0, 0.05) is 31.5 Å². The largest absolute Gasteiger partial charge is 0.354 e. The highest BCUT2D eigenvalue weighted by Crippen LogP contribution is 2.28. The molecule has 2 amide bonds. The second kappa shape index (κ2) is 6.89. The second-order valence-electron chi connectivity index (χ2n) is 5.83. The van der Waals surface area contributed by atoms with E-state index in [0.29, 0.717) is 25.4 Å². The third-order valence-corrected chi connectivity index (χ3v) is 4.11. The molecular weight excluding hydrogens is 242 g/mol. The molecule has 5 nitrogen and oxygen atoms in total. The first kappa shape index (κ1) is 14.3. The Balaban J connectivity index is 1.54. The van der Waals surface area contributed by atoms with Crippen LogP contribution in [-0.2, 0) is 9.59 Å². The van der Waals surface area contributed by atoms with Gasteiger partial charge in [0.05, 0.1) is 0 Å². The maximum absolute atomic E-state index is 11.8. The van der Waals surface area contributed by atoms with Crippen LogP contribution in [-0.4, -0.2) is 30.9 Å². The SMILES string of the molecule is NC1CCCCC1CC(=O)NCCNC(=O)C1CC1. The topological polar surface area (TPSA) is 84.2 Å². The molecule has 2 aliphatic carbocycles. The van der Waals surface area contributed by atoms with E-state index < -0.39 is 0 Å². The van der Waals surface area contributed by atoms with Crippen LogP contribution in [0.25, 0.3) is 0 Å². The van der Waals surface area contributed by atoms with Crippen molar-refractivity contribution in [2.75, 3.05) is 13.1 Å². The lowest BCUT2D eigenvalue weighted by Crippen LogP contribution is -2.39. The molecule has 2 unspecified atom stereocenters. The summed E-state index contributed by atoms with van der Waals surface area (Å²) in [6.07, 6.45) is 7.02. The summed E-state index contributed by atoms with van der Waals surface area (Å²) in [5.74, 6) is 0.748. The van der Waals surface area contributed by atoms with Crippen molar-refractivity contribution in [2.45, 2.75) is 51.0 Å². The fraction of sp³-hybridized carbons (Fsp3) is 0.857. The van der Waals surface area contributed by atoms with E-state index in [1.165, 1.54) is 12.8 Å². The number of carbonyl (C=O) groups is 2. The minimum atomic E-state index is 0.0584. The molecule has 108 valence electrons. The smallest absolute Gasteiger partial charge is 0.223 e. The molecule has 0 radical (unpaired) electrons. The van der Waals surface area contributed by atoms with E-state index in [4.69, 9.17) is 5.73 Å². The van der Waals surface area contributed by atoms with E-state index in [-0.39, 0.29) is 23.8 Å². The molecule has 19 heavy (non-hydrogen) atoms. The summed E-state index contributed by atoms with van der Waals surface area (Å²) in [6.45, 7) is 1.04. The van der Waals surface area contributed by atoms with Gasteiger partial charge in [-0.1, -0.05) is 12.8 Å². The average molecular weight is 267 g/mol. The number of nitrogens with two attached hydrogens (primary N) is 1. The van der Waals surface area contributed by atoms with Crippen molar-refractivity contribution in [3.8, 4) is 0 Å². The van der Waals surface area contributed by atoms with Crippen LogP contribution < -0.4 is 16.4 Å². The molecule has 0 heterocycles. The Morgan fingerprint density at radius 3 is 2.37 bits per heavy atom. The predicted molar refractivity (Wildman–Crippen MR) is 73.3 cm³/mol. The van der Waals surface area contributed by atoms with Crippen LogP contribution >= 0.6 is 0 Å². The van der Waals surface area contributed by atoms with Crippen molar-refractivity contribution in [3.63, 3.8) is 0 Å². The number of hydrogen-bond donors (Lipinski definition) is 3. The molecule has 0 aromatic carbocycles. The van der Waals surface area contributed by atoms with Crippen molar-refractivity contribution in [3.05, 3.63) is 0 Å². The van der Waals surface area contributed by atoms with Gasteiger partial charge in [-0.05, 0) is 31.6 Å². The van der Waals surface area contributed by atoms with Gasteiger partial charge in [-0.25, -0.2) is 0 Å². The summed E-state index contributed by atoms with van der Waals surface area (Å²) >= 11 is 0. The van der Waals surface area contributed by atoms with Crippen LogP contribution in [0.2, 0.25) is 0 Å². The number of amides is 2. The van der Waals surface area contributed by atoms with Gasteiger partial charge in [0.25, 0.3) is 0 Å². The highest BCUT2D eigenvalue weighted by atomic mass is 16.2. The summed E-state index contributed by atoms with van der Waals surface area (Å²) in [5.41, 5.74) is 6.03. The van der Waals surface area contributed by atoms with Crippen molar-refractivity contribution in [1.29, 1.82) is 0 Å². The second-order valence-corrected chi connectivity index (χ2v) is 5.83. The fourth-order valence-electron chi connectivity index (χ4n) is 2.68. The van der Waals surface area contributed by atoms with Gasteiger partial charge in [-0.3, -0.25) is 9.59 Å². The van der Waals surface area contributed by atoms with Crippen LogP contribution in [0.4, 0.5) is 0 Å². The Labute approximate surface area is 114 Å². The highest BCUT2D eigenvalue weighted by Gasteiger charge is 2.29. The first-order valence-electron chi connectivity index (χ1n) is 7.47. The molecule has 0 aliphatic heterocycles. The van der Waals surface area contributed by atoms with Gasteiger partial charge in [0.2, 0.25) is 11.8 Å². The third kappa shape index (κ3) is 4.82. The zero-order chi connectivity index (χ0) is 13.7. The first-order chi connectivity index (χ1) is 9.16. The minimum absolute atomic E-state index is 0.0584. The van der Waals surface area contributed by atoms with Gasteiger partial charge in [-0.2, -0.15) is 0 Å². The minimum Gasteiger partial charge on any atom is -0.354 e. The Hall–Kier alpha value is -1.10. The summed E-state index contributed by atoms with van der Waals surface area (Å²) in [5, 5.41) is 5.69. The molecule has 4 N–H and O–H groups in total. The standard InChI is InChI=1S/C14H25N3O2/c15-12-4-2-1-3-11(12)9-13(18)16-7-8-17-14(19)10-5-6-10/h10-12H,1-9,15H2,(H,16,18)(H,17,19). The van der Waals surface area contributed by atoms with Gasteiger partial charge in [0.15, 0.2) is 0 Å². The fourth-order valence-corrected chi connectivity index (χ4v) is 2.68. The van der Waals surface area contributed by atoms with Crippen LogP contribution in [0.3, 0.4) is 0 Å². The highest BCUT2D eigenvalue weighted by molar-refractivity contribution is 5.81. The zero-order valence-electron chi connectivity index (χ0n) is 11.5. The third-order valence-electron chi connectivity index (χ3n) is 4.11.